The predicted octanol–water partition coefficient (Wildman–Crippen LogP) is 11.7. The third kappa shape index (κ3) is 12.9. The van der Waals surface area contributed by atoms with Gasteiger partial charge in [0.1, 0.15) is 23.2 Å². The van der Waals surface area contributed by atoms with Crippen LogP contribution in [0.3, 0.4) is 0 Å². The molecule has 3 heteroatoms. The number of rotatable bonds is 25. The molecule has 47 heavy (non-hydrogen) atoms. The molecule has 3 aromatic carbocycles. The highest BCUT2D eigenvalue weighted by molar-refractivity contribution is 7.96. The molecule has 3 aromatic rings. The van der Waals surface area contributed by atoms with Gasteiger partial charge in [-0.25, -0.2) is 0 Å². The fourth-order valence-corrected chi connectivity index (χ4v) is 12.1. The minimum atomic E-state index is -1.83. The maximum Gasteiger partial charge on any atom is 0.157 e. The van der Waals surface area contributed by atoms with Gasteiger partial charge >= 0.3 is 0 Å². The zero-order valence-electron chi connectivity index (χ0n) is 30.7. The zero-order valence-corrected chi connectivity index (χ0v) is 31.5. The van der Waals surface area contributed by atoms with Crippen LogP contribution in [0.1, 0.15) is 127 Å². The van der Waals surface area contributed by atoms with E-state index < -0.39 is 7.26 Å². The Labute approximate surface area is 290 Å². The predicted molar refractivity (Wildman–Crippen MR) is 210 cm³/mol. The summed E-state index contributed by atoms with van der Waals surface area (Å²) >= 11 is 0. The van der Waals surface area contributed by atoms with Crippen molar-refractivity contribution in [2.24, 2.45) is 0 Å². The van der Waals surface area contributed by atoms with E-state index in [1.54, 1.807) is 15.9 Å². The standard InChI is InChI=1S/C44H66O2P/c1-6-8-10-25-35-45-44(46-36-26-11-9-7-2)34-18-16-14-12-13-15-17-27-37-47(41-31-22-19-28-38(41)3,42-32-23-20-29-39(42)4)43-33-24-21-30-40(43)5/h13,15,19-24,28-33,44H,6-12,14,16-18,25-27,34-37H2,1-5H3/q+1/b15-13-. The normalized spacial score (nSPS) is 12.0. The molecule has 0 spiro atoms. The summed E-state index contributed by atoms with van der Waals surface area (Å²) in [4.78, 5) is 0. The molecule has 0 saturated heterocycles. The lowest BCUT2D eigenvalue weighted by atomic mass is 10.1. The van der Waals surface area contributed by atoms with Crippen molar-refractivity contribution in [3.63, 3.8) is 0 Å². The fraction of sp³-hybridized carbons (Fsp3) is 0.545. The summed E-state index contributed by atoms with van der Waals surface area (Å²) in [5.41, 5.74) is 4.23. The second-order valence-corrected chi connectivity index (χ2v) is 16.9. The molecule has 0 fully saturated rings. The molecule has 0 atom stereocenters. The van der Waals surface area contributed by atoms with Crippen molar-refractivity contribution in [3.8, 4) is 0 Å². The minimum Gasteiger partial charge on any atom is -0.353 e. The Hall–Kier alpha value is -2.25. The van der Waals surface area contributed by atoms with E-state index in [0.717, 1.165) is 45.3 Å². The van der Waals surface area contributed by atoms with Gasteiger partial charge in [-0.2, -0.15) is 0 Å². The molecule has 0 N–H and O–H groups in total. The first-order chi connectivity index (χ1) is 23.0. The molecule has 258 valence electrons. The van der Waals surface area contributed by atoms with Gasteiger partial charge in [0.15, 0.2) is 6.29 Å². The first-order valence-corrected chi connectivity index (χ1v) is 21.0. The first-order valence-electron chi connectivity index (χ1n) is 19.0. The Kier molecular flexibility index (Phi) is 19.3. The van der Waals surface area contributed by atoms with E-state index >= 15 is 0 Å². The fourth-order valence-electron chi connectivity index (χ4n) is 6.86. The number of hydrogen-bond acceptors (Lipinski definition) is 2. The number of unbranched alkanes of at least 4 members (excludes halogenated alkanes) is 10. The van der Waals surface area contributed by atoms with Crippen LogP contribution in [0.25, 0.3) is 0 Å². The molecule has 0 aromatic heterocycles. The Morgan fingerprint density at radius 1 is 0.511 bits per heavy atom. The van der Waals surface area contributed by atoms with Crippen LogP contribution in [0.15, 0.2) is 84.9 Å². The molecule has 0 radical (unpaired) electrons. The van der Waals surface area contributed by atoms with Crippen molar-refractivity contribution in [1.29, 1.82) is 0 Å². The van der Waals surface area contributed by atoms with Crippen molar-refractivity contribution < 1.29 is 9.47 Å². The Morgan fingerprint density at radius 3 is 1.38 bits per heavy atom. The van der Waals surface area contributed by atoms with Gasteiger partial charge in [-0.15, -0.1) is 0 Å². The van der Waals surface area contributed by atoms with Gasteiger partial charge in [-0.3, -0.25) is 0 Å². The SMILES string of the molecule is CCCCCCOC(CCCCC/C=C\CCC[P+](c1ccccc1C)(c1ccccc1C)c1ccccc1C)OCCCCCC. The van der Waals surface area contributed by atoms with Crippen LogP contribution in [0.2, 0.25) is 0 Å². The van der Waals surface area contributed by atoms with Crippen molar-refractivity contribution in [2.45, 2.75) is 137 Å². The van der Waals surface area contributed by atoms with E-state index in [-0.39, 0.29) is 6.29 Å². The molecule has 0 unspecified atom stereocenters. The van der Waals surface area contributed by atoms with Gasteiger partial charge in [0.05, 0.1) is 6.16 Å². The molecule has 3 rings (SSSR count). The van der Waals surface area contributed by atoms with E-state index in [1.807, 2.05) is 0 Å². The maximum absolute atomic E-state index is 6.18. The minimum absolute atomic E-state index is 0.0212. The maximum atomic E-state index is 6.18. The molecule has 0 aliphatic heterocycles. The van der Waals surface area contributed by atoms with E-state index in [4.69, 9.17) is 9.47 Å². The quantitative estimate of drug-likeness (QED) is 0.0391. The Morgan fingerprint density at radius 2 is 0.936 bits per heavy atom. The molecular formula is C44H66O2P+. The number of allylic oxidation sites excluding steroid dienone is 2. The summed E-state index contributed by atoms with van der Waals surface area (Å²) in [5.74, 6) is 0. The molecule has 0 saturated carbocycles. The highest BCUT2D eigenvalue weighted by atomic mass is 31.2. The van der Waals surface area contributed by atoms with Crippen LogP contribution in [-0.2, 0) is 9.47 Å². The van der Waals surface area contributed by atoms with Crippen LogP contribution in [0, 0.1) is 20.8 Å². The summed E-state index contributed by atoms with van der Waals surface area (Å²) in [7, 11) is -1.83. The summed E-state index contributed by atoms with van der Waals surface area (Å²) in [6, 6.07) is 27.5. The highest BCUT2D eigenvalue weighted by Gasteiger charge is 2.47. The van der Waals surface area contributed by atoms with Gasteiger partial charge in [0, 0.05) is 13.2 Å². The monoisotopic (exact) mass is 657 g/mol. The Balaban J connectivity index is 1.54. The second kappa shape index (κ2) is 23.2. The molecule has 0 bridgehead atoms. The molecular weight excluding hydrogens is 591 g/mol. The number of benzene rings is 3. The van der Waals surface area contributed by atoms with Crippen LogP contribution in [-0.4, -0.2) is 25.7 Å². The average Bonchev–Trinajstić information content (AvgIpc) is 3.08. The average molecular weight is 658 g/mol. The van der Waals surface area contributed by atoms with E-state index in [2.05, 4.69) is 120 Å². The molecule has 0 amide bonds. The van der Waals surface area contributed by atoms with Crippen LogP contribution < -0.4 is 15.9 Å². The van der Waals surface area contributed by atoms with Gasteiger partial charge in [-0.05, 0) is 107 Å². The lowest BCUT2D eigenvalue weighted by Gasteiger charge is -2.31. The van der Waals surface area contributed by atoms with Crippen molar-refractivity contribution in [3.05, 3.63) is 102 Å². The topological polar surface area (TPSA) is 18.5 Å². The summed E-state index contributed by atoms with van der Waals surface area (Å²) in [5, 5.41) is 4.63. The third-order valence-electron chi connectivity index (χ3n) is 9.52. The lowest BCUT2D eigenvalue weighted by Crippen LogP contribution is -2.37. The molecule has 0 aliphatic carbocycles. The van der Waals surface area contributed by atoms with Crippen LogP contribution in [0.4, 0.5) is 0 Å². The summed E-state index contributed by atoms with van der Waals surface area (Å²) in [6.07, 6.45) is 24.2. The van der Waals surface area contributed by atoms with Gasteiger partial charge in [0.2, 0.25) is 0 Å². The number of ether oxygens (including phenoxy) is 2. The number of aryl methyl sites for hydroxylation is 3. The molecule has 0 aliphatic rings. The molecule has 0 heterocycles. The lowest BCUT2D eigenvalue weighted by molar-refractivity contribution is -0.148. The van der Waals surface area contributed by atoms with E-state index in [9.17, 15) is 0 Å². The largest absolute Gasteiger partial charge is 0.353 e. The van der Waals surface area contributed by atoms with E-state index in [1.165, 1.54) is 87.1 Å². The van der Waals surface area contributed by atoms with Gasteiger partial charge in [-0.1, -0.05) is 126 Å². The van der Waals surface area contributed by atoms with Gasteiger partial charge < -0.3 is 9.47 Å². The van der Waals surface area contributed by atoms with E-state index in [0.29, 0.717) is 0 Å². The van der Waals surface area contributed by atoms with Crippen LogP contribution in [0.5, 0.6) is 0 Å². The van der Waals surface area contributed by atoms with Gasteiger partial charge in [0.25, 0.3) is 0 Å². The van der Waals surface area contributed by atoms with Crippen LogP contribution >= 0.6 is 7.26 Å². The third-order valence-corrected chi connectivity index (χ3v) is 14.5. The first kappa shape index (κ1) is 39.2. The smallest absolute Gasteiger partial charge is 0.157 e. The second-order valence-electron chi connectivity index (χ2n) is 13.4. The number of hydrogen-bond donors (Lipinski definition) is 0. The van der Waals surface area contributed by atoms with Crippen molar-refractivity contribution in [2.75, 3.05) is 19.4 Å². The summed E-state index contributed by atoms with van der Waals surface area (Å²) in [6.45, 7) is 13.1. The summed E-state index contributed by atoms with van der Waals surface area (Å²) < 4.78 is 12.4. The van der Waals surface area contributed by atoms with Crippen molar-refractivity contribution >= 4 is 23.2 Å². The zero-order chi connectivity index (χ0) is 33.6. The highest BCUT2D eigenvalue weighted by Crippen LogP contribution is 2.58. The Bertz CT molecular complexity index is 1160. The molecule has 2 nitrogen and oxygen atoms in total. The van der Waals surface area contributed by atoms with Crippen molar-refractivity contribution in [1.82, 2.24) is 0 Å².